The molecule has 1 heterocycles. The number of piperazine rings is 1. The van der Waals surface area contributed by atoms with E-state index in [1.54, 1.807) is 11.0 Å². The molecule has 0 atom stereocenters. The van der Waals surface area contributed by atoms with E-state index in [-0.39, 0.29) is 5.91 Å². The van der Waals surface area contributed by atoms with Crippen molar-refractivity contribution < 1.29 is 13.2 Å². The number of carbonyl (C=O) groups excluding carboxylic acids is 1. The monoisotopic (exact) mass is 344 g/mol. The summed E-state index contributed by atoms with van der Waals surface area (Å²) < 4.78 is 24.4. The van der Waals surface area contributed by atoms with Crippen molar-refractivity contribution in [3.8, 4) is 0 Å². The maximum atomic E-state index is 12.3. The summed E-state index contributed by atoms with van der Waals surface area (Å²) in [5.41, 5.74) is 0.997. The van der Waals surface area contributed by atoms with Crippen molar-refractivity contribution in [2.75, 3.05) is 32.4 Å². The van der Waals surface area contributed by atoms with Crippen LogP contribution in [-0.2, 0) is 14.8 Å². The highest BCUT2D eigenvalue weighted by Gasteiger charge is 2.24. The molecule has 0 aliphatic carbocycles. The first-order valence-electron chi connectivity index (χ1n) is 7.85. The predicted molar refractivity (Wildman–Crippen MR) is 96.0 cm³/mol. The van der Waals surface area contributed by atoms with Crippen LogP contribution in [0.5, 0.6) is 0 Å². The second kappa shape index (κ2) is 6.75. The van der Waals surface area contributed by atoms with Crippen molar-refractivity contribution >= 4 is 32.8 Å². The summed E-state index contributed by atoms with van der Waals surface area (Å²) in [6.07, 6.45) is 4.59. The third-order valence-corrected chi connectivity index (χ3v) is 5.55. The van der Waals surface area contributed by atoms with E-state index >= 15 is 0 Å². The summed E-state index contributed by atoms with van der Waals surface area (Å²) in [4.78, 5) is 14.0. The van der Waals surface area contributed by atoms with Crippen LogP contribution in [0.15, 0.2) is 48.5 Å². The van der Waals surface area contributed by atoms with Crippen molar-refractivity contribution in [3.05, 3.63) is 54.1 Å². The first-order chi connectivity index (χ1) is 11.4. The molecule has 6 heteroatoms. The van der Waals surface area contributed by atoms with Crippen LogP contribution in [0.25, 0.3) is 16.8 Å². The van der Waals surface area contributed by atoms with Crippen LogP contribution in [0.1, 0.15) is 5.56 Å². The van der Waals surface area contributed by atoms with Crippen LogP contribution in [-0.4, -0.2) is 56.0 Å². The highest BCUT2D eigenvalue weighted by molar-refractivity contribution is 7.88. The van der Waals surface area contributed by atoms with Crippen LogP contribution in [0.2, 0.25) is 0 Å². The maximum absolute atomic E-state index is 12.3. The minimum atomic E-state index is -3.18. The molecule has 2 aromatic carbocycles. The topological polar surface area (TPSA) is 57.7 Å². The fraction of sp³-hybridized carbons (Fsp3) is 0.278. The molecule has 0 bridgehead atoms. The van der Waals surface area contributed by atoms with E-state index in [1.807, 2.05) is 48.5 Å². The normalized spacial score (nSPS) is 16.8. The Bertz CT molecular complexity index is 877. The highest BCUT2D eigenvalue weighted by Crippen LogP contribution is 2.19. The van der Waals surface area contributed by atoms with Gasteiger partial charge in [0.15, 0.2) is 0 Å². The molecule has 0 spiro atoms. The van der Waals surface area contributed by atoms with Gasteiger partial charge in [0.2, 0.25) is 15.9 Å². The smallest absolute Gasteiger partial charge is 0.246 e. The number of amides is 1. The van der Waals surface area contributed by atoms with E-state index in [0.29, 0.717) is 26.2 Å². The second-order valence-electron chi connectivity index (χ2n) is 5.89. The zero-order valence-electron chi connectivity index (χ0n) is 13.6. The van der Waals surface area contributed by atoms with Gasteiger partial charge in [-0.1, -0.05) is 42.5 Å². The molecule has 0 aromatic heterocycles. The summed E-state index contributed by atoms with van der Waals surface area (Å²) in [5.74, 6) is -0.0870. The van der Waals surface area contributed by atoms with Gasteiger partial charge < -0.3 is 4.90 Å². The fourth-order valence-electron chi connectivity index (χ4n) is 2.90. The number of carbonyl (C=O) groups is 1. The Kier molecular flexibility index (Phi) is 4.69. The van der Waals surface area contributed by atoms with E-state index in [1.165, 1.54) is 10.6 Å². The van der Waals surface area contributed by atoms with Gasteiger partial charge in [0.05, 0.1) is 6.26 Å². The van der Waals surface area contributed by atoms with E-state index in [2.05, 4.69) is 0 Å². The van der Waals surface area contributed by atoms with Gasteiger partial charge in [-0.2, -0.15) is 4.31 Å². The maximum Gasteiger partial charge on any atom is 0.246 e. The summed E-state index contributed by atoms with van der Waals surface area (Å²) in [6.45, 7) is 1.55. The van der Waals surface area contributed by atoms with Crippen molar-refractivity contribution in [2.24, 2.45) is 0 Å². The molecule has 1 amide bonds. The first kappa shape index (κ1) is 16.7. The number of hydrogen-bond acceptors (Lipinski definition) is 3. The van der Waals surface area contributed by atoms with Crippen LogP contribution < -0.4 is 0 Å². The standard InChI is InChI=1S/C18H20N2O3S/c1-24(22,23)20-13-11-19(12-14-20)18(21)10-9-16-7-4-6-15-5-2-3-8-17(15)16/h2-10H,11-14H2,1H3/b10-9+. The quantitative estimate of drug-likeness (QED) is 0.800. The van der Waals surface area contributed by atoms with Crippen LogP contribution in [0, 0.1) is 0 Å². The average Bonchev–Trinajstić information content (AvgIpc) is 2.59. The van der Waals surface area contributed by atoms with Crippen molar-refractivity contribution in [3.63, 3.8) is 0 Å². The molecule has 0 unspecified atom stereocenters. The Hall–Kier alpha value is -2.18. The zero-order chi connectivity index (χ0) is 17.2. The van der Waals surface area contributed by atoms with E-state index in [4.69, 9.17) is 0 Å². The molecule has 0 radical (unpaired) electrons. The molecule has 126 valence electrons. The lowest BCUT2D eigenvalue weighted by Crippen LogP contribution is -2.49. The number of nitrogens with zero attached hydrogens (tertiary/aromatic N) is 2. The van der Waals surface area contributed by atoms with Gasteiger partial charge >= 0.3 is 0 Å². The van der Waals surface area contributed by atoms with Gasteiger partial charge in [0.1, 0.15) is 0 Å². The lowest BCUT2D eigenvalue weighted by molar-refractivity contribution is -0.127. The lowest BCUT2D eigenvalue weighted by atomic mass is 10.0. The minimum absolute atomic E-state index is 0.0870. The summed E-state index contributed by atoms with van der Waals surface area (Å²) in [5, 5.41) is 2.24. The molecule has 0 saturated carbocycles. The Morgan fingerprint density at radius 3 is 2.38 bits per heavy atom. The SMILES string of the molecule is CS(=O)(=O)N1CCN(C(=O)/C=C/c2cccc3ccccc23)CC1. The van der Waals surface area contributed by atoms with Gasteiger partial charge in [0, 0.05) is 32.3 Å². The fourth-order valence-corrected chi connectivity index (χ4v) is 3.73. The van der Waals surface area contributed by atoms with Gasteiger partial charge in [-0.05, 0) is 22.4 Å². The number of fused-ring (bicyclic) bond motifs is 1. The molecule has 0 N–H and O–H groups in total. The first-order valence-corrected chi connectivity index (χ1v) is 9.70. The predicted octanol–water partition coefficient (Wildman–Crippen LogP) is 1.96. The number of benzene rings is 2. The van der Waals surface area contributed by atoms with Crippen LogP contribution in [0.4, 0.5) is 0 Å². The average molecular weight is 344 g/mol. The van der Waals surface area contributed by atoms with Crippen molar-refractivity contribution in [1.82, 2.24) is 9.21 Å². The van der Waals surface area contributed by atoms with E-state index < -0.39 is 10.0 Å². The Morgan fingerprint density at radius 2 is 1.67 bits per heavy atom. The van der Waals surface area contributed by atoms with Gasteiger partial charge in [-0.25, -0.2) is 8.42 Å². The molecule has 1 fully saturated rings. The molecule has 5 nitrogen and oxygen atoms in total. The van der Waals surface area contributed by atoms with E-state index in [9.17, 15) is 13.2 Å². The summed E-state index contributed by atoms with van der Waals surface area (Å²) in [7, 11) is -3.18. The second-order valence-corrected chi connectivity index (χ2v) is 7.87. The molecule has 2 aromatic rings. The molecule has 1 saturated heterocycles. The molecule has 3 rings (SSSR count). The van der Waals surface area contributed by atoms with Gasteiger partial charge in [0.25, 0.3) is 0 Å². The number of rotatable bonds is 3. The van der Waals surface area contributed by atoms with Crippen LogP contribution in [0.3, 0.4) is 0 Å². The Balaban J connectivity index is 1.70. The Morgan fingerprint density at radius 1 is 1.00 bits per heavy atom. The summed E-state index contributed by atoms with van der Waals surface area (Å²) >= 11 is 0. The largest absolute Gasteiger partial charge is 0.337 e. The number of sulfonamides is 1. The third-order valence-electron chi connectivity index (χ3n) is 4.25. The Labute approximate surface area is 142 Å². The molecule has 1 aliphatic rings. The minimum Gasteiger partial charge on any atom is -0.337 e. The molecule has 1 aliphatic heterocycles. The zero-order valence-corrected chi connectivity index (χ0v) is 14.4. The van der Waals surface area contributed by atoms with E-state index in [0.717, 1.165) is 16.3 Å². The number of hydrogen-bond donors (Lipinski definition) is 0. The van der Waals surface area contributed by atoms with Crippen molar-refractivity contribution in [2.45, 2.75) is 0 Å². The highest BCUT2D eigenvalue weighted by atomic mass is 32.2. The van der Waals surface area contributed by atoms with Gasteiger partial charge in [-0.3, -0.25) is 4.79 Å². The molecular formula is C18H20N2O3S. The third kappa shape index (κ3) is 3.66. The summed E-state index contributed by atoms with van der Waals surface area (Å²) in [6, 6.07) is 14.0. The molecular weight excluding hydrogens is 324 g/mol. The van der Waals surface area contributed by atoms with Gasteiger partial charge in [-0.15, -0.1) is 0 Å². The lowest BCUT2D eigenvalue weighted by Gasteiger charge is -2.32. The van der Waals surface area contributed by atoms with Crippen LogP contribution >= 0.6 is 0 Å². The van der Waals surface area contributed by atoms with Crippen molar-refractivity contribution in [1.29, 1.82) is 0 Å². The molecule has 24 heavy (non-hydrogen) atoms.